The molecule has 0 saturated heterocycles. The summed E-state index contributed by atoms with van der Waals surface area (Å²) in [5.41, 5.74) is 0. The van der Waals surface area contributed by atoms with Crippen LogP contribution in [0.25, 0.3) is 0 Å². The zero-order chi connectivity index (χ0) is 10.1. The van der Waals surface area contributed by atoms with Crippen LogP contribution in [0.2, 0.25) is 0 Å². The molecule has 0 atom stereocenters. The first-order valence-electron chi connectivity index (χ1n) is 3.69. The van der Waals surface area contributed by atoms with Gasteiger partial charge in [-0.25, -0.2) is 0 Å². The Hall–Kier alpha value is -1.06. The molecule has 0 fully saturated rings. The van der Waals surface area contributed by atoms with Crippen molar-refractivity contribution in [3.8, 4) is 0 Å². The summed E-state index contributed by atoms with van der Waals surface area (Å²) >= 11 is 0. The lowest BCUT2D eigenvalue weighted by molar-refractivity contribution is -0.142. The van der Waals surface area contributed by atoms with E-state index in [0.29, 0.717) is 12.5 Å². The van der Waals surface area contributed by atoms with Gasteiger partial charge in [-0.05, 0) is 5.92 Å². The van der Waals surface area contributed by atoms with Crippen molar-refractivity contribution < 1.29 is 19.4 Å². The number of carboxylic acid groups (broad SMARTS) is 1. The van der Waals surface area contributed by atoms with Crippen molar-refractivity contribution in [2.24, 2.45) is 5.92 Å². The number of ether oxygens (including phenoxy) is 1. The van der Waals surface area contributed by atoms with Crippen molar-refractivity contribution in [1.82, 2.24) is 0 Å². The summed E-state index contributed by atoms with van der Waals surface area (Å²) in [6, 6.07) is 0. The lowest BCUT2D eigenvalue weighted by Gasteiger charge is -2.02. The third-order valence-electron chi connectivity index (χ3n) is 0.620. The van der Waals surface area contributed by atoms with Crippen LogP contribution in [-0.4, -0.2) is 23.7 Å². The van der Waals surface area contributed by atoms with Crippen LogP contribution in [-0.2, 0) is 14.3 Å². The van der Waals surface area contributed by atoms with Crippen LogP contribution in [0, 0.1) is 5.92 Å². The minimum atomic E-state index is -0.833. The third-order valence-corrected chi connectivity index (χ3v) is 0.620. The van der Waals surface area contributed by atoms with E-state index in [9.17, 15) is 4.79 Å². The number of aliphatic carboxylic acids is 1. The van der Waals surface area contributed by atoms with E-state index in [1.165, 1.54) is 6.92 Å². The number of carboxylic acids is 1. The average Bonchev–Trinajstić information content (AvgIpc) is 1.82. The van der Waals surface area contributed by atoms with Crippen molar-refractivity contribution in [1.29, 1.82) is 0 Å². The van der Waals surface area contributed by atoms with Gasteiger partial charge in [0.05, 0.1) is 6.61 Å². The summed E-state index contributed by atoms with van der Waals surface area (Å²) in [5, 5.41) is 7.42. The van der Waals surface area contributed by atoms with Crippen molar-refractivity contribution >= 4 is 11.9 Å². The van der Waals surface area contributed by atoms with Gasteiger partial charge in [-0.1, -0.05) is 13.8 Å². The molecule has 4 heteroatoms. The largest absolute Gasteiger partial charge is 0.481 e. The zero-order valence-corrected chi connectivity index (χ0v) is 7.96. The smallest absolute Gasteiger partial charge is 0.302 e. The first-order chi connectivity index (χ1) is 5.36. The lowest BCUT2D eigenvalue weighted by Crippen LogP contribution is -2.05. The minimum Gasteiger partial charge on any atom is -0.481 e. The molecule has 0 aliphatic carbocycles. The number of esters is 1. The van der Waals surface area contributed by atoms with Gasteiger partial charge in [0.15, 0.2) is 0 Å². The highest BCUT2D eigenvalue weighted by molar-refractivity contribution is 5.65. The highest BCUT2D eigenvalue weighted by Crippen LogP contribution is 1.91. The van der Waals surface area contributed by atoms with Crippen molar-refractivity contribution in [2.75, 3.05) is 6.61 Å². The first kappa shape index (κ1) is 13.5. The van der Waals surface area contributed by atoms with E-state index in [-0.39, 0.29) is 5.97 Å². The van der Waals surface area contributed by atoms with Crippen LogP contribution in [0.15, 0.2) is 0 Å². The molecule has 0 amide bonds. The predicted molar refractivity (Wildman–Crippen MR) is 44.8 cm³/mol. The van der Waals surface area contributed by atoms with Crippen molar-refractivity contribution in [3.63, 3.8) is 0 Å². The van der Waals surface area contributed by atoms with Gasteiger partial charge >= 0.3 is 5.97 Å². The van der Waals surface area contributed by atoms with Crippen molar-refractivity contribution in [3.05, 3.63) is 0 Å². The summed E-state index contributed by atoms with van der Waals surface area (Å²) in [4.78, 5) is 19.1. The number of rotatable bonds is 2. The summed E-state index contributed by atoms with van der Waals surface area (Å²) in [6.45, 7) is 7.05. The summed E-state index contributed by atoms with van der Waals surface area (Å²) in [5.74, 6) is -0.586. The lowest BCUT2D eigenvalue weighted by atomic mass is 10.2. The molecule has 0 aliphatic rings. The van der Waals surface area contributed by atoms with Crippen LogP contribution in [0.3, 0.4) is 0 Å². The Morgan fingerprint density at radius 2 is 1.67 bits per heavy atom. The average molecular weight is 176 g/mol. The fourth-order valence-electron chi connectivity index (χ4n) is 0.284. The molecule has 0 spiro atoms. The van der Waals surface area contributed by atoms with Gasteiger partial charge in [-0.2, -0.15) is 0 Å². The van der Waals surface area contributed by atoms with Crippen LogP contribution in [0.4, 0.5) is 0 Å². The molecular formula is C8H16O4. The number of hydrogen-bond donors (Lipinski definition) is 1. The molecule has 4 nitrogen and oxygen atoms in total. The number of hydrogen-bond acceptors (Lipinski definition) is 3. The van der Waals surface area contributed by atoms with E-state index < -0.39 is 5.97 Å². The van der Waals surface area contributed by atoms with Gasteiger partial charge in [0.25, 0.3) is 5.97 Å². The Morgan fingerprint density at radius 1 is 1.33 bits per heavy atom. The summed E-state index contributed by atoms with van der Waals surface area (Å²) in [6.07, 6.45) is 0. The quantitative estimate of drug-likeness (QED) is 0.644. The van der Waals surface area contributed by atoms with Crippen molar-refractivity contribution in [2.45, 2.75) is 27.7 Å². The Bertz CT molecular complexity index is 136. The molecular weight excluding hydrogens is 160 g/mol. The monoisotopic (exact) mass is 176 g/mol. The normalized spacial score (nSPS) is 8.42. The van der Waals surface area contributed by atoms with E-state index in [4.69, 9.17) is 9.90 Å². The third kappa shape index (κ3) is 36.3. The first-order valence-corrected chi connectivity index (χ1v) is 3.69. The van der Waals surface area contributed by atoms with Crippen LogP contribution in [0.5, 0.6) is 0 Å². The number of carbonyl (C=O) groups is 2. The fraction of sp³-hybridized carbons (Fsp3) is 0.750. The molecule has 12 heavy (non-hydrogen) atoms. The summed E-state index contributed by atoms with van der Waals surface area (Å²) < 4.78 is 4.66. The zero-order valence-electron chi connectivity index (χ0n) is 7.96. The van der Waals surface area contributed by atoms with Gasteiger partial charge in [0.2, 0.25) is 0 Å². The van der Waals surface area contributed by atoms with Gasteiger partial charge < -0.3 is 9.84 Å². The molecule has 0 aromatic carbocycles. The van der Waals surface area contributed by atoms with Crippen LogP contribution < -0.4 is 0 Å². The molecule has 0 saturated carbocycles. The van der Waals surface area contributed by atoms with Crippen LogP contribution >= 0.6 is 0 Å². The molecule has 0 unspecified atom stereocenters. The molecule has 0 radical (unpaired) electrons. The van der Waals surface area contributed by atoms with Crippen LogP contribution in [0.1, 0.15) is 27.7 Å². The topological polar surface area (TPSA) is 63.6 Å². The van der Waals surface area contributed by atoms with E-state index >= 15 is 0 Å². The molecule has 0 rings (SSSR count). The van der Waals surface area contributed by atoms with E-state index in [1.54, 1.807) is 0 Å². The Morgan fingerprint density at radius 3 is 1.75 bits per heavy atom. The second-order valence-corrected chi connectivity index (χ2v) is 2.72. The second kappa shape index (κ2) is 8.04. The van der Waals surface area contributed by atoms with Gasteiger partial charge in [0, 0.05) is 13.8 Å². The van der Waals surface area contributed by atoms with Gasteiger partial charge in [-0.3, -0.25) is 9.59 Å². The van der Waals surface area contributed by atoms with E-state index in [0.717, 1.165) is 6.92 Å². The molecule has 0 aromatic rings. The predicted octanol–water partition coefficient (Wildman–Crippen LogP) is 1.30. The van der Waals surface area contributed by atoms with Gasteiger partial charge in [0.1, 0.15) is 0 Å². The second-order valence-electron chi connectivity index (χ2n) is 2.72. The Labute approximate surface area is 72.5 Å². The highest BCUT2D eigenvalue weighted by Gasteiger charge is 1.94. The highest BCUT2D eigenvalue weighted by atomic mass is 16.5. The maximum absolute atomic E-state index is 10.1. The molecule has 0 heterocycles. The Kier molecular flexibility index (Phi) is 9.06. The molecule has 72 valence electrons. The molecule has 0 bridgehead atoms. The Balaban J connectivity index is 0. The van der Waals surface area contributed by atoms with E-state index in [2.05, 4.69) is 4.74 Å². The minimum absolute atomic E-state index is 0.196. The van der Waals surface area contributed by atoms with Gasteiger partial charge in [-0.15, -0.1) is 0 Å². The maximum atomic E-state index is 10.1. The molecule has 1 N–H and O–H groups in total. The fourth-order valence-corrected chi connectivity index (χ4v) is 0.284. The number of carbonyl (C=O) groups excluding carboxylic acids is 1. The van der Waals surface area contributed by atoms with E-state index in [1.807, 2.05) is 13.8 Å². The maximum Gasteiger partial charge on any atom is 0.302 e. The SMILES string of the molecule is CC(=O)O.CC(=O)OCC(C)C. The summed E-state index contributed by atoms with van der Waals surface area (Å²) in [7, 11) is 0. The molecule has 0 aliphatic heterocycles. The standard InChI is InChI=1S/C6H12O2.C2H4O2/c1-5(2)4-8-6(3)7;1-2(3)4/h5H,4H2,1-3H3;1H3,(H,3,4). The molecule has 0 aromatic heterocycles.